The lowest BCUT2D eigenvalue weighted by Gasteiger charge is -2.09. The largest absolute Gasteiger partial charge is 0.392 e. The van der Waals surface area contributed by atoms with Crippen LogP contribution < -0.4 is 4.72 Å². The first kappa shape index (κ1) is 13.1. The van der Waals surface area contributed by atoms with Crippen molar-refractivity contribution in [1.29, 1.82) is 0 Å². The fourth-order valence-corrected chi connectivity index (χ4v) is 3.28. The number of benzene rings is 1. The quantitative estimate of drug-likeness (QED) is 0.905. The molecule has 1 aromatic carbocycles. The van der Waals surface area contributed by atoms with Crippen LogP contribution >= 0.6 is 11.3 Å². The lowest BCUT2D eigenvalue weighted by Crippen LogP contribution is -2.13. The van der Waals surface area contributed by atoms with E-state index in [2.05, 4.69) is 4.72 Å². The van der Waals surface area contributed by atoms with Crippen LogP contribution in [0.1, 0.15) is 11.1 Å². The molecular formula is C12H13NO3S2. The molecule has 2 N–H and O–H groups in total. The van der Waals surface area contributed by atoms with Gasteiger partial charge < -0.3 is 5.11 Å². The minimum atomic E-state index is -3.59. The third-order valence-electron chi connectivity index (χ3n) is 2.57. The first-order valence-corrected chi connectivity index (χ1v) is 7.71. The van der Waals surface area contributed by atoms with E-state index in [0.717, 1.165) is 5.56 Å². The maximum atomic E-state index is 12.1. The van der Waals surface area contributed by atoms with E-state index < -0.39 is 10.0 Å². The molecule has 18 heavy (non-hydrogen) atoms. The molecule has 0 saturated carbocycles. The first-order valence-electron chi connectivity index (χ1n) is 5.28. The van der Waals surface area contributed by atoms with Gasteiger partial charge in [0.05, 0.1) is 17.2 Å². The Balaban J connectivity index is 2.35. The Kier molecular flexibility index (Phi) is 3.70. The summed E-state index contributed by atoms with van der Waals surface area (Å²) in [4.78, 5) is 0.156. The minimum absolute atomic E-state index is 0.156. The molecule has 96 valence electrons. The van der Waals surface area contributed by atoms with E-state index in [1.165, 1.54) is 23.5 Å². The second-order valence-corrected chi connectivity index (χ2v) is 6.33. The van der Waals surface area contributed by atoms with Crippen molar-refractivity contribution in [2.24, 2.45) is 0 Å². The molecule has 0 bridgehead atoms. The van der Waals surface area contributed by atoms with Crippen molar-refractivity contribution in [2.75, 3.05) is 4.72 Å². The number of sulfonamides is 1. The van der Waals surface area contributed by atoms with E-state index in [1.807, 2.05) is 6.92 Å². The van der Waals surface area contributed by atoms with E-state index in [1.54, 1.807) is 22.9 Å². The lowest BCUT2D eigenvalue weighted by molar-refractivity contribution is 0.281. The normalized spacial score (nSPS) is 11.4. The summed E-state index contributed by atoms with van der Waals surface area (Å²) in [6.07, 6.45) is 0. The Labute approximate surface area is 110 Å². The van der Waals surface area contributed by atoms with Crippen molar-refractivity contribution in [3.05, 3.63) is 46.2 Å². The molecule has 2 rings (SSSR count). The number of rotatable bonds is 4. The maximum Gasteiger partial charge on any atom is 0.261 e. The van der Waals surface area contributed by atoms with Gasteiger partial charge in [-0.05, 0) is 41.6 Å². The van der Waals surface area contributed by atoms with Gasteiger partial charge in [-0.1, -0.05) is 6.07 Å². The first-order chi connectivity index (χ1) is 8.53. The topological polar surface area (TPSA) is 66.4 Å². The fourth-order valence-electron chi connectivity index (χ4n) is 1.52. The minimum Gasteiger partial charge on any atom is -0.392 e. The highest BCUT2D eigenvalue weighted by atomic mass is 32.2. The molecule has 0 saturated heterocycles. The Hall–Kier alpha value is -1.37. The molecule has 2 aromatic rings. The molecule has 4 nitrogen and oxygen atoms in total. The molecular weight excluding hydrogens is 270 g/mol. The smallest absolute Gasteiger partial charge is 0.261 e. The number of anilines is 1. The zero-order chi connectivity index (χ0) is 13.2. The molecule has 1 aromatic heterocycles. The molecule has 0 fully saturated rings. The molecule has 0 aliphatic rings. The van der Waals surface area contributed by atoms with Crippen LogP contribution in [0, 0.1) is 6.92 Å². The number of hydrogen-bond acceptors (Lipinski definition) is 4. The Morgan fingerprint density at radius 1 is 1.33 bits per heavy atom. The van der Waals surface area contributed by atoms with Crippen LogP contribution in [0.15, 0.2) is 39.9 Å². The van der Waals surface area contributed by atoms with Crippen molar-refractivity contribution < 1.29 is 13.5 Å². The van der Waals surface area contributed by atoms with Gasteiger partial charge in [0.2, 0.25) is 0 Å². The number of aliphatic hydroxyl groups is 1. The molecule has 0 aliphatic heterocycles. The molecule has 0 atom stereocenters. The predicted octanol–water partition coefficient (Wildman–Crippen LogP) is 2.35. The average molecular weight is 283 g/mol. The lowest BCUT2D eigenvalue weighted by atomic mass is 10.1. The number of thiophene rings is 1. The van der Waals surface area contributed by atoms with Crippen molar-refractivity contribution in [1.82, 2.24) is 0 Å². The number of nitrogens with one attached hydrogen (secondary N) is 1. The van der Waals surface area contributed by atoms with Crippen molar-refractivity contribution >= 4 is 27.0 Å². The monoisotopic (exact) mass is 283 g/mol. The Bertz CT molecular complexity index is 633. The van der Waals surface area contributed by atoms with Gasteiger partial charge >= 0.3 is 0 Å². The van der Waals surface area contributed by atoms with Crippen LogP contribution in [-0.4, -0.2) is 13.5 Å². The highest BCUT2D eigenvalue weighted by molar-refractivity contribution is 7.92. The van der Waals surface area contributed by atoms with E-state index in [0.29, 0.717) is 11.3 Å². The number of aryl methyl sites for hydroxylation is 1. The molecule has 0 radical (unpaired) electrons. The highest BCUT2D eigenvalue weighted by Crippen LogP contribution is 2.20. The summed E-state index contributed by atoms with van der Waals surface area (Å²) in [6.45, 7) is 1.65. The van der Waals surface area contributed by atoms with E-state index >= 15 is 0 Å². The Morgan fingerprint density at radius 2 is 2.11 bits per heavy atom. The second-order valence-electron chi connectivity index (χ2n) is 3.86. The van der Waals surface area contributed by atoms with Crippen LogP contribution in [0.4, 0.5) is 5.69 Å². The van der Waals surface area contributed by atoms with Crippen molar-refractivity contribution in [3.8, 4) is 0 Å². The van der Waals surface area contributed by atoms with Crippen molar-refractivity contribution in [2.45, 2.75) is 18.4 Å². The SMILES string of the molecule is Cc1ccc(S(=O)(=O)Nc2ccsc2)cc1CO. The summed E-state index contributed by atoms with van der Waals surface area (Å²) in [5.74, 6) is 0. The van der Waals surface area contributed by atoms with E-state index in [-0.39, 0.29) is 11.5 Å². The molecule has 0 aliphatic carbocycles. The molecule has 1 heterocycles. The van der Waals surface area contributed by atoms with Gasteiger partial charge in [-0.25, -0.2) is 8.42 Å². The van der Waals surface area contributed by atoms with Crippen LogP contribution in [0.2, 0.25) is 0 Å². The van der Waals surface area contributed by atoms with Crippen LogP contribution in [-0.2, 0) is 16.6 Å². The third-order valence-corrected chi connectivity index (χ3v) is 4.64. The Morgan fingerprint density at radius 3 is 2.72 bits per heavy atom. The summed E-state index contributed by atoms with van der Waals surface area (Å²) in [7, 11) is -3.59. The molecule has 6 heteroatoms. The standard InChI is InChI=1S/C12H13NO3S2/c1-9-2-3-12(6-10(9)7-14)18(15,16)13-11-4-5-17-8-11/h2-6,8,13-14H,7H2,1H3. The van der Waals surface area contributed by atoms with E-state index in [4.69, 9.17) is 5.11 Å². The van der Waals surface area contributed by atoms with E-state index in [9.17, 15) is 8.42 Å². The average Bonchev–Trinajstić information content (AvgIpc) is 2.81. The predicted molar refractivity (Wildman–Crippen MR) is 72.2 cm³/mol. The molecule has 0 unspecified atom stereocenters. The van der Waals surface area contributed by atoms with Gasteiger partial charge in [0, 0.05) is 5.38 Å². The number of hydrogen-bond donors (Lipinski definition) is 2. The summed E-state index contributed by atoms with van der Waals surface area (Å²) >= 11 is 1.42. The fraction of sp³-hybridized carbons (Fsp3) is 0.167. The van der Waals surface area contributed by atoms with Gasteiger partial charge in [-0.3, -0.25) is 4.72 Å². The van der Waals surface area contributed by atoms with Gasteiger partial charge in [-0.15, -0.1) is 0 Å². The van der Waals surface area contributed by atoms with Gasteiger partial charge in [-0.2, -0.15) is 11.3 Å². The van der Waals surface area contributed by atoms with Gasteiger partial charge in [0.15, 0.2) is 0 Å². The zero-order valence-corrected chi connectivity index (χ0v) is 11.4. The second kappa shape index (κ2) is 5.09. The number of aliphatic hydroxyl groups excluding tert-OH is 1. The highest BCUT2D eigenvalue weighted by Gasteiger charge is 2.15. The zero-order valence-electron chi connectivity index (χ0n) is 9.75. The summed E-state index contributed by atoms with van der Waals surface area (Å²) in [5.41, 5.74) is 2.03. The summed E-state index contributed by atoms with van der Waals surface area (Å²) < 4.78 is 26.7. The molecule has 0 spiro atoms. The van der Waals surface area contributed by atoms with Crippen LogP contribution in [0.5, 0.6) is 0 Å². The molecule has 0 amide bonds. The van der Waals surface area contributed by atoms with Crippen molar-refractivity contribution in [3.63, 3.8) is 0 Å². The van der Waals surface area contributed by atoms with Gasteiger partial charge in [0.1, 0.15) is 0 Å². The van der Waals surface area contributed by atoms with Gasteiger partial charge in [0.25, 0.3) is 10.0 Å². The maximum absolute atomic E-state index is 12.1. The third kappa shape index (κ3) is 2.72. The summed E-state index contributed by atoms with van der Waals surface area (Å²) in [6, 6.07) is 6.41. The van der Waals surface area contributed by atoms with Crippen LogP contribution in [0.3, 0.4) is 0 Å². The summed E-state index contributed by atoms with van der Waals surface area (Å²) in [5, 5.41) is 12.7. The van der Waals surface area contributed by atoms with Crippen LogP contribution in [0.25, 0.3) is 0 Å².